The Bertz CT molecular complexity index is 566. The number of rotatable bonds is 1. The molecule has 1 aliphatic carbocycles. The smallest absolute Gasteiger partial charge is 0.166 e. The summed E-state index contributed by atoms with van der Waals surface area (Å²) in [6.45, 7) is 2.06. The summed E-state index contributed by atoms with van der Waals surface area (Å²) in [5, 5.41) is 4.34. The Labute approximate surface area is 100 Å². The molecule has 86 valence electrons. The minimum atomic E-state index is 0.226. The summed E-state index contributed by atoms with van der Waals surface area (Å²) in [7, 11) is 0. The van der Waals surface area contributed by atoms with Crippen molar-refractivity contribution < 1.29 is 4.79 Å². The van der Waals surface area contributed by atoms with Gasteiger partial charge in [0.2, 0.25) is 0 Å². The molecule has 0 radical (unpaired) electrons. The summed E-state index contributed by atoms with van der Waals surface area (Å²) in [6, 6.07) is 8.21. The Balaban J connectivity index is 2.10. The van der Waals surface area contributed by atoms with Crippen LogP contribution in [0.3, 0.4) is 0 Å². The van der Waals surface area contributed by atoms with Crippen molar-refractivity contribution >= 4 is 5.78 Å². The molecule has 3 heteroatoms. The van der Waals surface area contributed by atoms with Crippen molar-refractivity contribution in [3.63, 3.8) is 0 Å². The van der Waals surface area contributed by atoms with E-state index < -0.39 is 0 Å². The largest absolute Gasteiger partial charge is 0.294 e. The van der Waals surface area contributed by atoms with E-state index in [9.17, 15) is 4.79 Å². The standard InChI is InChI=1S/C14H14N2O/c1-10-5-7-11(8-6-10)16-13-3-2-4-14(17)12(13)9-15-16/h5-9H,2-4H2,1H3. The highest BCUT2D eigenvalue weighted by Gasteiger charge is 2.22. The van der Waals surface area contributed by atoms with E-state index in [-0.39, 0.29) is 5.78 Å². The number of carbonyl (C=O) groups is 1. The van der Waals surface area contributed by atoms with E-state index in [1.165, 1.54) is 5.56 Å². The zero-order valence-corrected chi connectivity index (χ0v) is 9.81. The predicted octanol–water partition coefficient (Wildman–Crippen LogP) is 2.70. The van der Waals surface area contributed by atoms with Crippen molar-refractivity contribution in [2.24, 2.45) is 0 Å². The number of fused-ring (bicyclic) bond motifs is 1. The molecule has 0 bridgehead atoms. The molecule has 0 unspecified atom stereocenters. The van der Waals surface area contributed by atoms with Crippen LogP contribution < -0.4 is 0 Å². The van der Waals surface area contributed by atoms with Crippen molar-refractivity contribution in [1.29, 1.82) is 0 Å². The van der Waals surface area contributed by atoms with Gasteiger partial charge in [0.15, 0.2) is 5.78 Å². The van der Waals surface area contributed by atoms with Gasteiger partial charge in [-0.3, -0.25) is 4.79 Å². The van der Waals surface area contributed by atoms with Crippen LogP contribution in [0.2, 0.25) is 0 Å². The summed E-state index contributed by atoms with van der Waals surface area (Å²) in [5.74, 6) is 0.226. The second kappa shape index (κ2) is 3.84. The van der Waals surface area contributed by atoms with E-state index >= 15 is 0 Å². The lowest BCUT2D eigenvalue weighted by molar-refractivity contribution is 0.0972. The Morgan fingerprint density at radius 2 is 1.94 bits per heavy atom. The Morgan fingerprint density at radius 3 is 2.71 bits per heavy atom. The molecule has 0 amide bonds. The average Bonchev–Trinajstić information content (AvgIpc) is 2.75. The lowest BCUT2D eigenvalue weighted by Crippen LogP contribution is -2.12. The van der Waals surface area contributed by atoms with Crippen LogP contribution in [-0.2, 0) is 6.42 Å². The quantitative estimate of drug-likeness (QED) is 0.749. The summed E-state index contributed by atoms with van der Waals surface area (Å²) in [6.07, 6.45) is 4.24. The maximum atomic E-state index is 11.7. The zero-order valence-electron chi connectivity index (χ0n) is 9.81. The molecule has 17 heavy (non-hydrogen) atoms. The molecule has 2 aromatic rings. The number of hydrogen-bond donors (Lipinski definition) is 0. The number of Topliss-reactive ketones (excluding diaryl/α,β-unsaturated/α-hetero) is 1. The highest BCUT2D eigenvalue weighted by molar-refractivity contribution is 5.98. The second-order valence-corrected chi connectivity index (χ2v) is 4.53. The molecule has 0 aliphatic heterocycles. The van der Waals surface area contributed by atoms with Gasteiger partial charge in [-0.15, -0.1) is 0 Å². The SMILES string of the molecule is Cc1ccc(-n2ncc3c2CCCC3=O)cc1. The third kappa shape index (κ3) is 1.68. The molecule has 1 heterocycles. The first-order valence-electron chi connectivity index (χ1n) is 5.93. The maximum absolute atomic E-state index is 11.7. The number of carbonyl (C=O) groups excluding carboxylic acids is 1. The van der Waals surface area contributed by atoms with Crippen molar-refractivity contribution in [3.05, 3.63) is 47.3 Å². The van der Waals surface area contributed by atoms with Gasteiger partial charge in [0.1, 0.15) is 0 Å². The third-order valence-corrected chi connectivity index (χ3v) is 3.27. The first-order valence-corrected chi connectivity index (χ1v) is 5.93. The lowest BCUT2D eigenvalue weighted by Gasteiger charge is -2.13. The number of hydrogen-bond acceptors (Lipinski definition) is 2. The van der Waals surface area contributed by atoms with E-state index in [1.807, 2.05) is 16.8 Å². The third-order valence-electron chi connectivity index (χ3n) is 3.27. The first kappa shape index (κ1) is 10.3. The number of benzene rings is 1. The maximum Gasteiger partial charge on any atom is 0.166 e. The van der Waals surface area contributed by atoms with E-state index in [0.29, 0.717) is 6.42 Å². The van der Waals surface area contributed by atoms with Crippen LogP contribution in [0.4, 0.5) is 0 Å². The fraction of sp³-hybridized carbons (Fsp3) is 0.286. The number of aromatic nitrogens is 2. The van der Waals surface area contributed by atoms with Crippen molar-refractivity contribution in [3.8, 4) is 5.69 Å². The monoisotopic (exact) mass is 226 g/mol. The van der Waals surface area contributed by atoms with E-state index in [2.05, 4.69) is 24.2 Å². The second-order valence-electron chi connectivity index (χ2n) is 4.53. The van der Waals surface area contributed by atoms with Crippen LogP contribution in [-0.4, -0.2) is 15.6 Å². The molecule has 0 N–H and O–H groups in total. The van der Waals surface area contributed by atoms with Gasteiger partial charge in [0.25, 0.3) is 0 Å². The molecule has 1 aromatic heterocycles. The molecule has 1 aromatic carbocycles. The predicted molar refractivity (Wildman–Crippen MR) is 65.6 cm³/mol. The molecule has 1 aliphatic rings. The highest BCUT2D eigenvalue weighted by Crippen LogP contribution is 2.23. The van der Waals surface area contributed by atoms with Crippen LogP contribution in [0.15, 0.2) is 30.5 Å². The van der Waals surface area contributed by atoms with Crippen LogP contribution in [0, 0.1) is 6.92 Å². The van der Waals surface area contributed by atoms with Crippen molar-refractivity contribution in [2.45, 2.75) is 26.2 Å². The normalized spacial score (nSPS) is 14.8. The molecule has 0 fully saturated rings. The molecule has 3 nitrogen and oxygen atoms in total. The molecule has 0 saturated heterocycles. The van der Waals surface area contributed by atoms with Crippen molar-refractivity contribution in [1.82, 2.24) is 9.78 Å². The van der Waals surface area contributed by atoms with Crippen LogP contribution in [0.1, 0.15) is 34.5 Å². The van der Waals surface area contributed by atoms with E-state index in [4.69, 9.17) is 0 Å². The van der Waals surface area contributed by atoms with Gasteiger partial charge in [-0.1, -0.05) is 17.7 Å². The highest BCUT2D eigenvalue weighted by atomic mass is 16.1. The minimum Gasteiger partial charge on any atom is -0.294 e. The van der Waals surface area contributed by atoms with Gasteiger partial charge in [0, 0.05) is 6.42 Å². The fourth-order valence-corrected chi connectivity index (χ4v) is 2.31. The summed E-state index contributed by atoms with van der Waals surface area (Å²) >= 11 is 0. The van der Waals surface area contributed by atoms with E-state index in [0.717, 1.165) is 29.8 Å². The van der Waals surface area contributed by atoms with Gasteiger partial charge in [-0.25, -0.2) is 4.68 Å². The van der Waals surface area contributed by atoms with Crippen LogP contribution >= 0.6 is 0 Å². The van der Waals surface area contributed by atoms with Crippen molar-refractivity contribution in [2.75, 3.05) is 0 Å². The zero-order chi connectivity index (χ0) is 11.8. The summed E-state index contributed by atoms with van der Waals surface area (Å²) in [4.78, 5) is 11.7. The Kier molecular flexibility index (Phi) is 2.32. The molecule has 0 atom stereocenters. The van der Waals surface area contributed by atoms with E-state index in [1.54, 1.807) is 6.20 Å². The molecular weight excluding hydrogens is 212 g/mol. The van der Waals surface area contributed by atoms with Gasteiger partial charge in [-0.05, 0) is 31.9 Å². The number of ketones is 1. The van der Waals surface area contributed by atoms with Gasteiger partial charge in [0.05, 0.1) is 23.1 Å². The lowest BCUT2D eigenvalue weighted by atomic mass is 9.97. The topological polar surface area (TPSA) is 34.9 Å². The average molecular weight is 226 g/mol. The first-order chi connectivity index (χ1) is 8.25. The summed E-state index contributed by atoms with van der Waals surface area (Å²) < 4.78 is 1.89. The minimum absolute atomic E-state index is 0.226. The number of aryl methyl sites for hydroxylation is 1. The molecule has 3 rings (SSSR count). The fourth-order valence-electron chi connectivity index (χ4n) is 2.31. The van der Waals surface area contributed by atoms with Gasteiger partial charge < -0.3 is 0 Å². The van der Waals surface area contributed by atoms with Gasteiger partial charge in [-0.2, -0.15) is 5.10 Å². The Morgan fingerprint density at radius 1 is 1.18 bits per heavy atom. The van der Waals surface area contributed by atoms with Crippen LogP contribution in [0.5, 0.6) is 0 Å². The molecule has 0 spiro atoms. The molecular formula is C14H14N2O. The van der Waals surface area contributed by atoms with Gasteiger partial charge >= 0.3 is 0 Å². The van der Waals surface area contributed by atoms with Crippen LogP contribution in [0.25, 0.3) is 5.69 Å². The number of nitrogens with zero attached hydrogens (tertiary/aromatic N) is 2. The molecule has 0 saturated carbocycles. The Hall–Kier alpha value is -1.90. The summed E-state index contributed by atoms with van der Waals surface area (Å²) in [5.41, 5.74) is 4.12.